The summed E-state index contributed by atoms with van der Waals surface area (Å²) in [5.74, 6) is -0.832. The van der Waals surface area contributed by atoms with Crippen molar-refractivity contribution in [1.82, 2.24) is 5.32 Å². The van der Waals surface area contributed by atoms with Crippen molar-refractivity contribution in [3.8, 4) is 0 Å². The summed E-state index contributed by atoms with van der Waals surface area (Å²) in [5.41, 5.74) is 1.28. The maximum Gasteiger partial charge on any atom is 0.341 e. The van der Waals surface area contributed by atoms with Crippen LogP contribution in [0.25, 0.3) is 0 Å². The molecule has 0 saturated carbocycles. The molecule has 0 aromatic carbocycles. The number of aryl methyl sites for hydroxylation is 1. The topological polar surface area (TPSA) is 76.7 Å². The SMILES string of the molecule is CNC1COCC1C(=O)Nc1sc(C)c(C)c1C(=O)OC. The lowest BCUT2D eigenvalue weighted by molar-refractivity contribution is -0.120. The van der Waals surface area contributed by atoms with Gasteiger partial charge in [0.2, 0.25) is 5.91 Å². The molecule has 116 valence electrons. The number of hydrogen-bond donors (Lipinski definition) is 2. The summed E-state index contributed by atoms with van der Waals surface area (Å²) in [6, 6.07) is -0.00580. The van der Waals surface area contributed by atoms with Crippen molar-refractivity contribution in [2.45, 2.75) is 19.9 Å². The Bertz CT molecular complexity index is 555. The summed E-state index contributed by atoms with van der Waals surface area (Å²) < 4.78 is 10.1. The van der Waals surface area contributed by atoms with Crippen molar-refractivity contribution in [3.63, 3.8) is 0 Å². The molecular formula is C14H20N2O4S. The van der Waals surface area contributed by atoms with Crippen LogP contribution in [0.1, 0.15) is 20.8 Å². The second kappa shape index (κ2) is 6.55. The van der Waals surface area contributed by atoms with Gasteiger partial charge in [0.05, 0.1) is 31.8 Å². The number of hydrogen-bond acceptors (Lipinski definition) is 6. The van der Waals surface area contributed by atoms with Gasteiger partial charge in [0.15, 0.2) is 0 Å². The van der Waals surface area contributed by atoms with Crippen LogP contribution < -0.4 is 10.6 Å². The van der Waals surface area contributed by atoms with Crippen LogP contribution in [0, 0.1) is 19.8 Å². The zero-order valence-electron chi connectivity index (χ0n) is 12.6. The van der Waals surface area contributed by atoms with E-state index in [2.05, 4.69) is 10.6 Å². The molecule has 1 amide bonds. The maximum absolute atomic E-state index is 12.4. The van der Waals surface area contributed by atoms with Gasteiger partial charge in [-0.1, -0.05) is 0 Å². The van der Waals surface area contributed by atoms with Gasteiger partial charge < -0.3 is 20.1 Å². The number of amides is 1. The molecule has 7 heteroatoms. The number of likely N-dealkylation sites (N-methyl/N-ethyl adjacent to an activating group) is 1. The molecule has 2 heterocycles. The molecule has 2 N–H and O–H groups in total. The molecule has 1 aromatic rings. The molecule has 2 unspecified atom stereocenters. The number of carbonyl (C=O) groups excluding carboxylic acids is 2. The molecule has 21 heavy (non-hydrogen) atoms. The fourth-order valence-electron chi connectivity index (χ4n) is 2.36. The highest BCUT2D eigenvalue weighted by Gasteiger charge is 2.34. The fourth-order valence-corrected chi connectivity index (χ4v) is 3.42. The molecule has 6 nitrogen and oxygen atoms in total. The number of anilines is 1. The summed E-state index contributed by atoms with van der Waals surface area (Å²) in [6.45, 7) is 4.66. The molecule has 0 radical (unpaired) electrons. The Morgan fingerprint density at radius 2 is 2.05 bits per heavy atom. The third-order valence-electron chi connectivity index (χ3n) is 3.80. The third-order valence-corrected chi connectivity index (χ3v) is 4.92. The van der Waals surface area contributed by atoms with E-state index in [0.717, 1.165) is 10.4 Å². The van der Waals surface area contributed by atoms with E-state index in [1.165, 1.54) is 18.4 Å². The number of methoxy groups -OCH3 is 1. The van der Waals surface area contributed by atoms with Gasteiger partial charge in [0.25, 0.3) is 0 Å². The molecule has 2 atom stereocenters. The minimum atomic E-state index is -0.431. The van der Waals surface area contributed by atoms with Crippen LogP contribution in [0.4, 0.5) is 5.00 Å². The minimum Gasteiger partial charge on any atom is -0.465 e. The van der Waals surface area contributed by atoms with Gasteiger partial charge in [0, 0.05) is 10.9 Å². The number of ether oxygens (including phenoxy) is 2. The quantitative estimate of drug-likeness (QED) is 0.820. The first-order valence-corrected chi connectivity index (χ1v) is 7.55. The highest BCUT2D eigenvalue weighted by Crippen LogP contribution is 2.33. The Labute approximate surface area is 127 Å². The largest absolute Gasteiger partial charge is 0.465 e. The minimum absolute atomic E-state index is 0.00580. The highest BCUT2D eigenvalue weighted by molar-refractivity contribution is 7.16. The Morgan fingerprint density at radius 3 is 2.67 bits per heavy atom. The van der Waals surface area contributed by atoms with Gasteiger partial charge in [-0.2, -0.15) is 0 Å². The first-order valence-electron chi connectivity index (χ1n) is 6.73. The first kappa shape index (κ1) is 15.9. The van der Waals surface area contributed by atoms with Crippen LogP contribution >= 0.6 is 11.3 Å². The average molecular weight is 312 g/mol. The molecule has 1 aromatic heterocycles. The Hall–Kier alpha value is -1.44. The molecule has 0 aliphatic carbocycles. The maximum atomic E-state index is 12.4. The number of rotatable bonds is 4. The van der Waals surface area contributed by atoms with E-state index in [-0.39, 0.29) is 17.9 Å². The predicted molar refractivity (Wildman–Crippen MR) is 80.9 cm³/mol. The van der Waals surface area contributed by atoms with Gasteiger partial charge in [0.1, 0.15) is 5.00 Å². The van der Waals surface area contributed by atoms with Gasteiger partial charge in [-0.15, -0.1) is 11.3 Å². The van der Waals surface area contributed by atoms with Crippen molar-refractivity contribution >= 4 is 28.2 Å². The van der Waals surface area contributed by atoms with E-state index in [0.29, 0.717) is 23.8 Å². The Kier molecular flexibility index (Phi) is 4.97. The number of thiophene rings is 1. The molecule has 1 aliphatic rings. The van der Waals surface area contributed by atoms with Gasteiger partial charge >= 0.3 is 5.97 Å². The Balaban J connectivity index is 2.21. The molecular weight excluding hydrogens is 292 g/mol. The Morgan fingerprint density at radius 1 is 1.33 bits per heavy atom. The molecule has 2 rings (SSSR count). The molecule has 0 spiro atoms. The number of carbonyl (C=O) groups is 2. The van der Waals surface area contributed by atoms with Crippen LogP contribution in [-0.2, 0) is 14.3 Å². The van der Waals surface area contributed by atoms with E-state index in [4.69, 9.17) is 9.47 Å². The lowest BCUT2D eigenvalue weighted by Gasteiger charge is -2.16. The molecule has 0 bridgehead atoms. The van der Waals surface area contributed by atoms with Crippen LogP contribution in [-0.4, -0.2) is 45.3 Å². The zero-order valence-corrected chi connectivity index (χ0v) is 13.4. The van der Waals surface area contributed by atoms with E-state index < -0.39 is 5.97 Å². The van der Waals surface area contributed by atoms with Crippen LogP contribution in [0.2, 0.25) is 0 Å². The average Bonchev–Trinajstić information content (AvgIpc) is 3.04. The second-order valence-electron chi connectivity index (χ2n) is 5.01. The van der Waals surface area contributed by atoms with Crippen LogP contribution in [0.3, 0.4) is 0 Å². The standard InChI is InChI=1S/C14H20N2O4S/c1-7-8(2)21-13(11(7)14(18)19-4)16-12(17)9-5-20-6-10(9)15-3/h9-10,15H,5-6H2,1-4H3,(H,16,17). The number of esters is 1. The smallest absolute Gasteiger partial charge is 0.341 e. The summed E-state index contributed by atoms with van der Waals surface area (Å²) >= 11 is 1.39. The van der Waals surface area contributed by atoms with Crippen molar-refractivity contribution in [3.05, 3.63) is 16.0 Å². The normalized spacial score (nSPS) is 21.3. The van der Waals surface area contributed by atoms with Crippen molar-refractivity contribution < 1.29 is 19.1 Å². The molecule has 1 aliphatic heterocycles. The van der Waals surface area contributed by atoms with E-state index >= 15 is 0 Å². The van der Waals surface area contributed by atoms with Crippen molar-refractivity contribution in [1.29, 1.82) is 0 Å². The van der Waals surface area contributed by atoms with Crippen LogP contribution in [0.5, 0.6) is 0 Å². The van der Waals surface area contributed by atoms with Crippen molar-refractivity contribution in [2.24, 2.45) is 5.92 Å². The lowest BCUT2D eigenvalue weighted by Crippen LogP contribution is -2.39. The molecule has 1 fully saturated rings. The first-order chi connectivity index (χ1) is 9.99. The van der Waals surface area contributed by atoms with E-state index in [1.807, 2.05) is 13.8 Å². The zero-order chi connectivity index (χ0) is 15.6. The summed E-state index contributed by atoms with van der Waals surface area (Å²) in [6.07, 6.45) is 0. The highest BCUT2D eigenvalue weighted by atomic mass is 32.1. The summed E-state index contributed by atoms with van der Waals surface area (Å²) in [5, 5.41) is 6.47. The van der Waals surface area contributed by atoms with E-state index in [1.54, 1.807) is 7.05 Å². The number of nitrogens with one attached hydrogen (secondary N) is 2. The van der Waals surface area contributed by atoms with Gasteiger partial charge in [-0.05, 0) is 26.5 Å². The fraction of sp³-hybridized carbons (Fsp3) is 0.571. The second-order valence-corrected chi connectivity index (χ2v) is 6.23. The summed E-state index contributed by atoms with van der Waals surface area (Å²) in [4.78, 5) is 25.3. The van der Waals surface area contributed by atoms with Crippen LogP contribution in [0.15, 0.2) is 0 Å². The van der Waals surface area contributed by atoms with Gasteiger partial charge in [-0.25, -0.2) is 4.79 Å². The summed E-state index contributed by atoms with van der Waals surface area (Å²) in [7, 11) is 3.14. The molecule has 1 saturated heterocycles. The third kappa shape index (κ3) is 3.09. The van der Waals surface area contributed by atoms with Gasteiger partial charge in [-0.3, -0.25) is 4.79 Å². The van der Waals surface area contributed by atoms with Crippen molar-refractivity contribution in [2.75, 3.05) is 32.7 Å². The predicted octanol–water partition coefficient (Wildman–Crippen LogP) is 1.32. The van der Waals surface area contributed by atoms with E-state index in [9.17, 15) is 9.59 Å². The lowest BCUT2D eigenvalue weighted by atomic mass is 10.0. The monoisotopic (exact) mass is 312 g/mol.